The van der Waals surface area contributed by atoms with Crippen molar-refractivity contribution < 1.29 is 4.79 Å². The van der Waals surface area contributed by atoms with Gasteiger partial charge in [0.05, 0.1) is 18.3 Å². The molecule has 0 spiro atoms. The van der Waals surface area contributed by atoms with Crippen molar-refractivity contribution in [3.63, 3.8) is 0 Å². The number of urea groups is 1. The van der Waals surface area contributed by atoms with Crippen molar-refractivity contribution >= 4 is 23.1 Å². The minimum absolute atomic E-state index is 0.0628. The van der Waals surface area contributed by atoms with E-state index in [0.717, 1.165) is 36.2 Å². The number of carbonyl (C=O) groups is 1. The molecule has 6 rings (SSSR count). The van der Waals surface area contributed by atoms with E-state index in [1.54, 1.807) is 0 Å². The second-order valence-corrected chi connectivity index (χ2v) is 10.3. The number of anilines is 1. The molecule has 34 heavy (non-hydrogen) atoms. The zero-order chi connectivity index (χ0) is 23.1. The summed E-state index contributed by atoms with van der Waals surface area (Å²) in [7, 11) is 0. The zero-order valence-corrected chi connectivity index (χ0v) is 20.3. The lowest BCUT2D eigenvalue weighted by Crippen LogP contribution is -2.38. The first kappa shape index (κ1) is 21.2. The van der Waals surface area contributed by atoms with Gasteiger partial charge in [0.25, 0.3) is 0 Å². The van der Waals surface area contributed by atoms with Crippen LogP contribution in [0.25, 0.3) is 5.00 Å². The molecule has 4 aromatic rings. The van der Waals surface area contributed by atoms with Gasteiger partial charge < -0.3 is 14.8 Å². The fourth-order valence-electron chi connectivity index (χ4n) is 5.39. The molecule has 1 aliphatic heterocycles. The molecule has 0 radical (unpaired) electrons. The van der Waals surface area contributed by atoms with Crippen LogP contribution in [-0.4, -0.2) is 15.5 Å². The monoisotopic (exact) mass is 467 g/mol. The van der Waals surface area contributed by atoms with Crippen LogP contribution in [0.4, 0.5) is 10.5 Å². The highest BCUT2D eigenvalue weighted by Gasteiger charge is 2.36. The second kappa shape index (κ2) is 8.80. The SMILES string of the molecule is CCc1ccc([C@H]2c3cccn3-c3sc4c(c3CN2C(=O)Nc2ccccc2)CCCC4)cc1. The van der Waals surface area contributed by atoms with E-state index in [0.29, 0.717) is 6.54 Å². The highest BCUT2D eigenvalue weighted by atomic mass is 32.1. The van der Waals surface area contributed by atoms with Gasteiger partial charge in [-0.15, -0.1) is 11.3 Å². The molecule has 0 fully saturated rings. The van der Waals surface area contributed by atoms with Crippen molar-refractivity contribution in [2.45, 2.75) is 51.6 Å². The third-order valence-corrected chi connectivity index (χ3v) is 8.50. The number of para-hydroxylation sites is 1. The summed E-state index contributed by atoms with van der Waals surface area (Å²) in [4.78, 5) is 17.4. The number of hydrogen-bond donors (Lipinski definition) is 1. The fourth-order valence-corrected chi connectivity index (χ4v) is 6.79. The van der Waals surface area contributed by atoms with Gasteiger partial charge in [0.2, 0.25) is 0 Å². The number of hydrogen-bond acceptors (Lipinski definition) is 2. The van der Waals surface area contributed by atoms with Crippen LogP contribution in [-0.2, 0) is 25.8 Å². The molecule has 5 heteroatoms. The summed E-state index contributed by atoms with van der Waals surface area (Å²) in [6.07, 6.45) is 7.93. The van der Waals surface area contributed by atoms with Crippen LogP contribution in [0.2, 0.25) is 0 Å². The Balaban J connectivity index is 1.49. The van der Waals surface area contributed by atoms with E-state index in [1.165, 1.54) is 39.4 Å². The highest BCUT2D eigenvalue weighted by molar-refractivity contribution is 7.15. The second-order valence-electron chi connectivity index (χ2n) is 9.22. The van der Waals surface area contributed by atoms with Gasteiger partial charge >= 0.3 is 6.03 Å². The molecule has 0 bridgehead atoms. The van der Waals surface area contributed by atoms with Crippen LogP contribution in [0.3, 0.4) is 0 Å². The van der Waals surface area contributed by atoms with Gasteiger partial charge in [-0.1, -0.05) is 49.4 Å². The lowest BCUT2D eigenvalue weighted by atomic mass is 9.95. The Morgan fingerprint density at radius 1 is 0.971 bits per heavy atom. The van der Waals surface area contributed by atoms with Crippen molar-refractivity contribution in [2.24, 2.45) is 0 Å². The summed E-state index contributed by atoms with van der Waals surface area (Å²) >= 11 is 1.92. The van der Waals surface area contributed by atoms with Crippen LogP contribution < -0.4 is 5.32 Å². The number of benzene rings is 2. The maximum atomic E-state index is 13.9. The van der Waals surface area contributed by atoms with Gasteiger partial charge in [-0.25, -0.2) is 4.79 Å². The lowest BCUT2D eigenvalue weighted by molar-refractivity contribution is 0.194. The van der Waals surface area contributed by atoms with E-state index in [9.17, 15) is 4.79 Å². The van der Waals surface area contributed by atoms with Crippen LogP contribution in [0, 0.1) is 0 Å². The largest absolute Gasteiger partial charge is 0.322 e. The fraction of sp³-hybridized carbons (Fsp3) is 0.276. The molecule has 1 N–H and O–H groups in total. The van der Waals surface area contributed by atoms with Crippen LogP contribution in [0.1, 0.15) is 58.6 Å². The van der Waals surface area contributed by atoms with Gasteiger partial charge in [0, 0.05) is 22.3 Å². The number of nitrogens with one attached hydrogen (secondary N) is 1. The predicted octanol–water partition coefficient (Wildman–Crippen LogP) is 7.12. The molecule has 2 aliphatic rings. The molecule has 0 saturated carbocycles. The molecular weight excluding hydrogens is 438 g/mol. The number of fused-ring (bicyclic) bond motifs is 5. The van der Waals surface area contributed by atoms with E-state index in [1.807, 2.05) is 46.6 Å². The molecule has 0 unspecified atom stereocenters. The van der Waals surface area contributed by atoms with Crippen LogP contribution in [0.5, 0.6) is 0 Å². The normalized spacial score (nSPS) is 16.9. The van der Waals surface area contributed by atoms with E-state index >= 15 is 0 Å². The zero-order valence-electron chi connectivity index (χ0n) is 19.5. The average molecular weight is 468 g/mol. The Morgan fingerprint density at radius 3 is 2.56 bits per heavy atom. The Hall–Kier alpha value is -3.31. The van der Waals surface area contributed by atoms with E-state index < -0.39 is 0 Å². The Morgan fingerprint density at radius 2 is 1.76 bits per heavy atom. The Labute approximate surface area is 204 Å². The molecule has 0 saturated heterocycles. The number of aryl methyl sites for hydroxylation is 2. The number of aromatic nitrogens is 1. The third kappa shape index (κ3) is 3.64. The van der Waals surface area contributed by atoms with E-state index in [4.69, 9.17) is 0 Å². The minimum Gasteiger partial charge on any atom is -0.310 e. The third-order valence-electron chi connectivity index (χ3n) is 7.17. The number of rotatable bonds is 3. The lowest BCUT2D eigenvalue weighted by Gasteiger charge is -2.31. The smallest absolute Gasteiger partial charge is 0.310 e. The van der Waals surface area contributed by atoms with Crippen molar-refractivity contribution in [3.8, 4) is 5.00 Å². The van der Waals surface area contributed by atoms with Crippen molar-refractivity contribution in [1.29, 1.82) is 0 Å². The Bertz CT molecular complexity index is 1320. The van der Waals surface area contributed by atoms with Gasteiger partial charge in [0.1, 0.15) is 5.00 Å². The molecule has 1 aliphatic carbocycles. The molecule has 172 valence electrons. The number of carbonyl (C=O) groups excluding carboxylic acids is 1. The van der Waals surface area contributed by atoms with Crippen molar-refractivity contribution in [2.75, 3.05) is 5.32 Å². The first-order valence-corrected chi connectivity index (χ1v) is 13.1. The first-order valence-electron chi connectivity index (χ1n) is 12.3. The Kier molecular flexibility index (Phi) is 5.50. The number of amides is 2. The molecule has 4 nitrogen and oxygen atoms in total. The minimum atomic E-state index is -0.163. The van der Waals surface area contributed by atoms with Gasteiger partial charge in [-0.05, 0) is 73.1 Å². The van der Waals surface area contributed by atoms with E-state index in [2.05, 4.69) is 59.4 Å². The standard InChI is InChI=1S/C29H29N3OS/c1-2-20-14-16-21(17-15-20)27-25-12-8-18-31(25)28-24(23-11-6-7-13-26(23)34-28)19-32(27)29(33)30-22-9-4-3-5-10-22/h3-5,8-10,12,14-18,27H,2,6-7,11,13,19H2,1H3,(H,30,33)/t27-/m0/s1. The van der Waals surface area contributed by atoms with Gasteiger partial charge in [-0.2, -0.15) is 0 Å². The van der Waals surface area contributed by atoms with Gasteiger partial charge in [0.15, 0.2) is 0 Å². The van der Waals surface area contributed by atoms with Crippen molar-refractivity contribution in [1.82, 2.24) is 9.47 Å². The van der Waals surface area contributed by atoms with E-state index in [-0.39, 0.29) is 12.1 Å². The molecule has 1 atom stereocenters. The summed E-state index contributed by atoms with van der Waals surface area (Å²) in [5.74, 6) is 0. The predicted molar refractivity (Wildman–Crippen MR) is 139 cm³/mol. The van der Waals surface area contributed by atoms with Gasteiger partial charge in [-0.3, -0.25) is 0 Å². The maximum absolute atomic E-state index is 13.9. The average Bonchev–Trinajstić information content (AvgIpc) is 3.47. The summed E-state index contributed by atoms with van der Waals surface area (Å²) in [5, 5.41) is 4.46. The molecule has 3 heterocycles. The molecule has 2 aromatic heterocycles. The molecule has 2 aromatic carbocycles. The topological polar surface area (TPSA) is 37.3 Å². The molecule has 2 amide bonds. The van der Waals surface area contributed by atoms with Crippen LogP contribution in [0.15, 0.2) is 72.9 Å². The highest BCUT2D eigenvalue weighted by Crippen LogP contribution is 2.44. The molecular formula is C29H29N3OS. The quantitative estimate of drug-likeness (QED) is 0.342. The number of nitrogens with zero attached hydrogens (tertiary/aromatic N) is 2. The van der Waals surface area contributed by atoms with Crippen LogP contribution >= 0.6 is 11.3 Å². The summed E-state index contributed by atoms with van der Waals surface area (Å²) in [6, 6.07) is 22.6. The summed E-state index contributed by atoms with van der Waals surface area (Å²) in [6.45, 7) is 2.79. The number of thiophene rings is 1. The first-order chi connectivity index (χ1) is 16.7. The van der Waals surface area contributed by atoms with Crippen molar-refractivity contribution in [3.05, 3.63) is 106 Å². The summed E-state index contributed by atoms with van der Waals surface area (Å²) in [5.41, 5.74) is 7.22. The summed E-state index contributed by atoms with van der Waals surface area (Å²) < 4.78 is 2.34. The maximum Gasteiger partial charge on any atom is 0.322 e.